The SMILES string of the molecule is [C-]#[N+]C(CC(=O)CCc1ccc(OCCCCCC)cc1)(NC(C)=O)C(=O)OCC. The molecule has 0 aliphatic carbocycles. The monoisotopic (exact) mass is 416 g/mol. The summed E-state index contributed by atoms with van der Waals surface area (Å²) in [7, 11) is 0. The molecule has 0 spiro atoms. The van der Waals surface area contributed by atoms with Gasteiger partial charge in [-0.05, 0) is 37.5 Å². The number of rotatable bonds is 14. The minimum atomic E-state index is -2.01. The van der Waals surface area contributed by atoms with Gasteiger partial charge in [0, 0.05) is 13.3 Å². The van der Waals surface area contributed by atoms with Crippen LogP contribution in [0.25, 0.3) is 4.85 Å². The number of benzene rings is 1. The molecule has 0 fully saturated rings. The van der Waals surface area contributed by atoms with E-state index in [-0.39, 0.29) is 18.8 Å². The van der Waals surface area contributed by atoms with E-state index >= 15 is 0 Å². The van der Waals surface area contributed by atoms with Crippen LogP contribution in [0.2, 0.25) is 0 Å². The van der Waals surface area contributed by atoms with E-state index in [9.17, 15) is 14.4 Å². The molecule has 1 rings (SSSR count). The molecular formula is C23H32N2O5. The number of carbonyl (C=O) groups is 3. The normalized spacial score (nSPS) is 12.3. The fourth-order valence-electron chi connectivity index (χ4n) is 2.95. The van der Waals surface area contributed by atoms with Gasteiger partial charge in [0.25, 0.3) is 0 Å². The highest BCUT2D eigenvalue weighted by atomic mass is 16.5. The first-order valence-electron chi connectivity index (χ1n) is 10.4. The molecule has 0 saturated carbocycles. The summed E-state index contributed by atoms with van der Waals surface area (Å²) in [5, 5.41) is 2.29. The Balaban J connectivity index is 2.60. The van der Waals surface area contributed by atoms with Crippen LogP contribution < -0.4 is 10.1 Å². The Bertz CT molecular complexity index is 739. The first kappa shape index (κ1) is 25.2. The summed E-state index contributed by atoms with van der Waals surface area (Å²) in [6.07, 6.45) is 4.78. The molecule has 1 aromatic carbocycles. The molecule has 1 aromatic rings. The predicted octanol–water partition coefficient (Wildman–Crippen LogP) is 3.85. The zero-order valence-electron chi connectivity index (χ0n) is 18.2. The third-order valence-corrected chi connectivity index (χ3v) is 4.52. The molecule has 0 aliphatic heterocycles. The lowest BCUT2D eigenvalue weighted by atomic mass is 9.98. The molecule has 7 heteroatoms. The molecule has 1 N–H and O–H groups in total. The van der Waals surface area contributed by atoms with Gasteiger partial charge in [-0.15, -0.1) is 0 Å². The fourth-order valence-corrected chi connectivity index (χ4v) is 2.95. The molecule has 1 atom stereocenters. The molecular weight excluding hydrogens is 384 g/mol. The van der Waals surface area contributed by atoms with Crippen molar-refractivity contribution in [3.63, 3.8) is 0 Å². The van der Waals surface area contributed by atoms with Crippen LogP contribution in [0, 0.1) is 6.57 Å². The van der Waals surface area contributed by atoms with Crippen LogP contribution in [0.3, 0.4) is 0 Å². The van der Waals surface area contributed by atoms with Gasteiger partial charge in [0.1, 0.15) is 18.0 Å². The lowest BCUT2D eigenvalue weighted by Crippen LogP contribution is -2.53. The summed E-state index contributed by atoms with van der Waals surface area (Å²) in [6, 6.07) is 7.55. The highest BCUT2D eigenvalue weighted by Gasteiger charge is 2.50. The smallest absolute Gasteiger partial charge is 0.417 e. The summed E-state index contributed by atoms with van der Waals surface area (Å²) >= 11 is 0. The van der Waals surface area contributed by atoms with Crippen molar-refractivity contribution >= 4 is 17.7 Å². The number of ketones is 1. The van der Waals surface area contributed by atoms with E-state index in [1.165, 1.54) is 19.8 Å². The molecule has 0 aliphatic rings. The quantitative estimate of drug-likeness (QED) is 0.283. The second kappa shape index (κ2) is 13.4. The zero-order chi connectivity index (χ0) is 22.4. The van der Waals surface area contributed by atoms with E-state index in [2.05, 4.69) is 17.1 Å². The molecule has 164 valence electrons. The molecule has 7 nitrogen and oxygen atoms in total. The molecule has 0 aromatic heterocycles. The number of hydrogen-bond acceptors (Lipinski definition) is 5. The van der Waals surface area contributed by atoms with E-state index in [4.69, 9.17) is 16.0 Å². The number of ether oxygens (including phenoxy) is 2. The molecule has 0 saturated heterocycles. The van der Waals surface area contributed by atoms with E-state index in [0.717, 1.165) is 24.2 Å². The van der Waals surface area contributed by atoms with Crippen LogP contribution in [-0.2, 0) is 25.5 Å². The van der Waals surface area contributed by atoms with Crippen LogP contribution >= 0.6 is 0 Å². The van der Waals surface area contributed by atoms with Crippen molar-refractivity contribution in [3.05, 3.63) is 41.2 Å². The Kier molecular flexibility index (Phi) is 11.2. The number of carbonyl (C=O) groups excluding carboxylic acids is 3. The number of Topliss-reactive ketones (excluding diaryl/α,β-unsaturated/α-hetero) is 1. The summed E-state index contributed by atoms with van der Waals surface area (Å²) < 4.78 is 10.6. The minimum absolute atomic E-state index is 0.0525. The van der Waals surface area contributed by atoms with Crippen LogP contribution in [0.5, 0.6) is 5.75 Å². The summed E-state index contributed by atoms with van der Waals surface area (Å²) in [5.41, 5.74) is -1.06. The number of unbranched alkanes of at least 4 members (excludes halogenated alkanes) is 3. The first-order chi connectivity index (χ1) is 14.4. The van der Waals surface area contributed by atoms with Crippen LogP contribution in [0.15, 0.2) is 24.3 Å². The van der Waals surface area contributed by atoms with Gasteiger partial charge in [-0.2, -0.15) is 0 Å². The average molecular weight is 417 g/mol. The standard InChI is InChI=1S/C23H32N2O5/c1-5-7-8-9-16-30-21-14-11-19(12-15-21)10-13-20(27)17-23(24-4,25-18(3)26)22(28)29-6-2/h11-12,14-15H,5-10,13,16-17H2,1-3H3,(H,25,26). The highest BCUT2D eigenvalue weighted by molar-refractivity contribution is 5.94. The van der Waals surface area contributed by atoms with Gasteiger partial charge in [0.15, 0.2) is 0 Å². The van der Waals surface area contributed by atoms with E-state index < -0.39 is 24.0 Å². The van der Waals surface area contributed by atoms with Crippen molar-refractivity contribution in [1.82, 2.24) is 5.32 Å². The molecule has 0 heterocycles. The number of nitrogens with one attached hydrogen (secondary N) is 1. The second-order valence-corrected chi connectivity index (χ2v) is 7.14. The maximum absolute atomic E-state index is 12.4. The Morgan fingerprint density at radius 1 is 1.10 bits per heavy atom. The second-order valence-electron chi connectivity index (χ2n) is 7.14. The summed E-state index contributed by atoms with van der Waals surface area (Å²) in [6.45, 7) is 13.1. The maximum atomic E-state index is 12.4. The van der Waals surface area contributed by atoms with Crippen molar-refractivity contribution in [1.29, 1.82) is 0 Å². The minimum Gasteiger partial charge on any atom is -0.494 e. The Labute approximate surface area is 178 Å². The van der Waals surface area contributed by atoms with Crippen LogP contribution in [0.4, 0.5) is 0 Å². The highest BCUT2D eigenvalue weighted by Crippen LogP contribution is 2.19. The number of hydrogen-bond donors (Lipinski definition) is 1. The topological polar surface area (TPSA) is 86.1 Å². The third kappa shape index (κ3) is 8.64. The number of aryl methyl sites for hydroxylation is 1. The molecule has 1 amide bonds. The number of esters is 1. The lowest BCUT2D eigenvalue weighted by Gasteiger charge is -2.19. The van der Waals surface area contributed by atoms with Gasteiger partial charge < -0.3 is 9.47 Å². The van der Waals surface area contributed by atoms with E-state index in [1.807, 2.05) is 24.3 Å². The van der Waals surface area contributed by atoms with Gasteiger partial charge in [-0.25, -0.2) is 11.4 Å². The predicted molar refractivity (Wildman–Crippen MR) is 114 cm³/mol. The van der Waals surface area contributed by atoms with Crippen LogP contribution in [0.1, 0.15) is 64.9 Å². The zero-order valence-corrected chi connectivity index (χ0v) is 18.2. The molecule has 1 unspecified atom stereocenters. The molecule has 0 bridgehead atoms. The first-order valence-corrected chi connectivity index (χ1v) is 10.4. The van der Waals surface area contributed by atoms with Crippen molar-refractivity contribution in [2.45, 2.75) is 71.4 Å². The average Bonchev–Trinajstić information content (AvgIpc) is 2.72. The third-order valence-electron chi connectivity index (χ3n) is 4.52. The molecule has 30 heavy (non-hydrogen) atoms. The molecule has 0 radical (unpaired) electrons. The van der Waals surface area contributed by atoms with Crippen molar-refractivity contribution in [2.24, 2.45) is 0 Å². The summed E-state index contributed by atoms with van der Waals surface area (Å²) in [4.78, 5) is 39.4. The van der Waals surface area contributed by atoms with E-state index in [0.29, 0.717) is 13.0 Å². The number of amides is 1. The van der Waals surface area contributed by atoms with Gasteiger partial charge in [0.05, 0.1) is 13.2 Å². The Morgan fingerprint density at radius 3 is 2.37 bits per heavy atom. The number of nitrogens with zero attached hydrogens (tertiary/aromatic N) is 1. The fraction of sp³-hybridized carbons (Fsp3) is 0.565. The Morgan fingerprint density at radius 2 is 1.80 bits per heavy atom. The lowest BCUT2D eigenvalue weighted by molar-refractivity contribution is -0.152. The van der Waals surface area contributed by atoms with Gasteiger partial charge in [-0.1, -0.05) is 38.3 Å². The Hall–Kier alpha value is -2.88. The van der Waals surface area contributed by atoms with Crippen molar-refractivity contribution in [3.8, 4) is 5.75 Å². The maximum Gasteiger partial charge on any atom is 0.417 e. The van der Waals surface area contributed by atoms with Crippen LogP contribution in [-0.4, -0.2) is 36.5 Å². The van der Waals surface area contributed by atoms with Crippen molar-refractivity contribution < 1.29 is 23.9 Å². The van der Waals surface area contributed by atoms with E-state index in [1.54, 1.807) is 6.92 Å². The van der Waals surface area contributed by atoms with Crippen molar-refractivity contribution in [2.75, 3.05) is 13.2 Å². The van der Waals surface area contributed by atoms with Gasteiger partial charge in [-0.3, -0.25) is 19.8 Å². The summed E-state index contributed by atoms with van der Waals surface area (Å²) in [5.74, 6) is -0.994. The van der Waals surface area contributed by atoms with Gasteiger partial charge in [0.2, 0.25) is 5.91 Å². The largest absolute Gasteiger partial charge is 0.494 e. The van der Waals surface area contributed by atoms with Gasteiger partial charge >= 0.3 is 11.6 Å².